The zero-order valence-corrected chi connectivity index (χ0v) is 12.5. The second-order valence-corrected chi connectivity index (χ2v) is 5.08. The Morgan fingerprint density at radius 2 is 2.00 bits per heavy atom. The first-order valence-corrected chi connectivity index (χ1v) is 6.38. The number of anilines is 1. The molecular weight excluding hydrogens is 294 g/mol. The summed E-state index contributed by atoms with van der Waals surface area (Å²) in [5.41, 5.74) is 10.1. The maximum Gasteiger partial charge on any atom is 0.201 e. The van der Waals surface area contributed by atoms with Crippen LogP contribution in [0.3, 0.4) is 0 Å². The highest BCUT2D eigenvalue weighted by Crippen LogP contribution is 2.38. The summed E-state index contributed by atoms with van der Waals surface area (Å²) in [6.45, 7) is 4.10. The van der Waals surface area contributed by atoms with Crippen molar-refractivity contribution in [3.63, 3.8) is 0 Å². The highest BCUT2D eigenvalue weighted by Gasteiger charge is 2.19. The third-order valence-electron chi connectivity index (χ3n) is 2.99. The summed E-state index contributed by atoms with van der Waals surface area (Å²) in [5.74, 6) is 1.30. The number of imidazole rings is 1. The predicted molar refractivity (Wildman–Crippen MR) is 76.8 cm³/mol. The SMILES string of the molecule is COc1cc(C)cc(C)c1-c1c(Br)nc(N)n1C. The second kappa shape index (κ2) is 4.65. The van der Waals surface area contributed by atoms with Crippen LogP contribution in [-0.4, -0.2) is 16.7 Å². The molecule has 0 amide bonds. The molecule has 18 heavy (non-hydrogen) atoms. The molecule has 0 saturated heterocycles. The molecule has 0 aliphatic heterocycles. The van der Waals surface area contributed by atoms with E-state index >= 15 is 0 Å². The molecule has 4 nitrogen and oxygen atoms in total. The summed E-state index contributed by atoms with van der Waals surface area (Å²) in [6.07, 6.45) is 0. The number of nitrogens with zero attached hydrogens (tertiary/aromatic N) is 2. The van der Waals surface area contributed by atoms with Crippen LogP contribution < -0.4 is 10.5 Å². The molecular formula is C13H16BrN3O. The van der Waals surface area contributed by atoms with Crippen molar-refractivity contribution in [3.8, 4) is 17.0 Å². The Labute approximate surface area is 115 Å². The molecule has 5 heteroatoms. The van der Waals surface area contributed by atoms with Crippen LogP contribution in [0.1, 0.15) is 11.1 Å². The van der Waals surface area contributed by atoms with Crippen molar-refractivity contribution in [2.75, 3.05) is 12.8 Å². The maximum absolute atomic E-state index is 5.83. The van der Waals surface area contributed by atoms with E-state index in [2.05, 4.69) is 33.9 Å². The summed E-state index contributed by atoms with van der Waals surface area (Å²) >= 11 is 3.45. The molecule has 1 aromatic heterocycles. The summed E-state index contributed by atoms with van der Waals surface area (Å²) in [4.78, 5) is 4.23. The van der Waals surface area contributed by atoms with E-state index in [1.165, 1.54) is 5.56 Å². The van der Waals surface area contributed by atoms with Gasteiger partial charge in [-0.3, -0.25) is 0 Å². The molecule has 1 aromatic carbocycles. The first kappa shape index (κ1) is 13.0. The van der Waals surface area contributed by atoms with Gasteiger partial charge in [0.25, 0.3) is 0 Å². The third-order valence-corrected chi connectivity index (χ3v) is 3.54. The predicted octanol–water partition coefficient (Wildman–Crippen LogP) is 3.06. The van der Waals surface area contributed by atoms with E-state index in [9.17, 15) is 0 Å². The number of nitrogens with two attached hydrogens (primary N) is 1. The molecule has 1 heterocycles. The van der Waals surface area contributed by atoms with E-state index < -0.39 is 0 Å². The first-order chi connectivity index (χ1) is 8.45. The van der Waals surface area contributed by atoms with Crippen LogP contribution in [-0.2, 0) is 7.05 Å². The van der Waals surface area contributed by atoms with E-state index in [0.29, 0.717) is 5.95 Å². The zero-order chi connectivity index (χ0) is 13.4. The van der Waals surface area contributed by atoms with Crippen molar-refractivity contribution >= 4 is 21.9 Å². The number of benzene rings is 1. The Balaban J connectivity index is 2.78. The largest absolute Gasteiger partial charge is 0.496 e. The van der Waals surface area contributed by atoms with Crippen molar-refractivity contribution in [2.45, 2.75) is 13.8 Å². The Morgan fingerprint density at radius 1 is 1.33 bits per heavy atom. The number of nitrogen functional groups attached to an aromatic ring is 1. The van der Waals surface area contributed by atoms with Crippen molar-refractivity contribution in [3.05, 3.63) is 27.9 Å². The van der Waals surface area contributed by atoms with Crippen molar-refractivity contribution in [1.29, 1.82) is 0 Å². The van der Waals surface area contributed by atoms with Crippen LogP contribution in [0.2, 0.25) is 0 Å². The lowest BCUT2D eigenvalue weighted by Crippen LogP contribution is -2.01. The van der Waals surface area contributed by atoms with E-state index in [4.69, 9.17) is 10.5 Å². The van der Waals surface area contributed by atoms with E-state index in [1.807, 2.05) is 24.6 Å². The summed E-state index contributed by atoms with van der Waals surface area (Å²) < 4.78 is 8.06. The second-order valence-electron chi connectivity index (χ2n) is 4.33. The first-order valence-electron chi connectivity index (χ1n) is 5.59. The van der Waals surface area contributed by atoms with Gasteiger partial charge in [0, 0.05) is 12.6 Å². The fraction of sp³-hybridized carbons (Fsp3) is 0.308. The number of aryl methyl sites for hydroxylation is 2. The fourth-order valence-corrected chi connectivity index (χ4v) is 2.79. The molecule has 0 saturated carbocycles. The highest BCUT2D eigenvalue weighted by atomic mass is 79.9. The maximum atomic E-state index is 5.83. The lowest BCUT2D eigenvalue weighted by molar-refractivity contribution is 0.415. The van der Waals surface area contributed by atoms with Crippen LogP contribution in [0.15, 0.2) is 16.7 Å². The highest BCUT2D eigenvalue weighted by molar-refractivity contribution is 9.10. The molecule has 0 fully saturated rings. The van der Waals surface area contributed by atoms with Gasteiger partial charge in [-0.2, -0.15) is 0 Å². The van der Waals surface area contributed by atoms with Gasteiger partial charge in [0.05, 0.1) is 12.8 Å². The molecule has 0 radical (unpaired) electrons. The van der Waals surface area contributed by atoms with Crippen LogP contribution in [0.25, 0.3) is 11.3 Å². The molecule has 2 aromatic rings. The molecule has 0 atom stereocenters. The fourth-order valence-electron chi connectivity index (χ4n) is 2.15. The molecule has 0 bridgehead atoms. The zero-order valence-electron chi connectivity index (χ0n) is 10.9. The van der Waals surface area contributed by atoms with E-state index in [0.717, 1.165) is 27.2 Å². The average molecular weight is 310 g/mol. The number of aromatic nitrogens is 2. The quantitative estimate of drug-likeness (QED) is 0.927. The van der Waals surface area contributed by atoms with Crippen LogP contribution in [0.4, 0.5) is 5.95 Å². The standard InChI is InChI=1S/C13H16BrN3O/c1-7-5-8(2)10(9(6-7)18-4)11-12(14)16-13(15)17(11)3/h5-6H,1-4H3,(H2,15,16). The van der Waals surface area contributed by atoms with Gasteiger partial charge < -0.3 is 15.0 Å². The number of rotatable bonds is 2. The lowest BCUT2D eigenvalue weighted by atomic mass is 10.0. The lowest BCUT2D eigenvalue weighted by Gasteiger charge is -2.14. The van der Waals surface area contributed by atoms with Gasteiger partial charge in [-0.25, -0.2) is 4.98 Å². The summed E-state index contributed by atoms with van der Waals surface area (Å²) in [6, 6.07) is 4.13. The van der Waals surface area contributed by atoms with Gasteiger partial charge in [0.1, 0.15) is 10.4 Å². The normalized spacial score (nSPS) is 10.7. The van der Waals surface area contributed by atoms with Gasteiger partial charge in [0.2, 0.25) is 5.95 Å². The smallest absolute Gasteiger partial charge is 0.201 e. The Morgan fingerprint density at radius 3 is 2.50 bits per heavy atom. The number of hydrogen-bond donors (Lipinski definition) is 1. The molecule has 0 spiro atoms. The minimum absolute atomic E-state index is 0.471. The van der Waals surface area contributed by atoms with E-state index in [1.54, 1.807) is 7.11 Å². The van der Waals surface area contributed by atoms with Gasteiger partial charge >= 0.3 is 0 Å². The van der Waals surface area contributed by atoms with Gasteiger partial charge in [-0.05, 0) is 47.0 Å². The number of ether oxygens (including phenoxy) is 1. The molecule has 0 aliphatic rings. The summed E-state index contributed by atoms with van der Waals surface area (Å²) in [5, 5.41) is 0. The molecule has 0 unspecified atom stereocenters. The Hall–Kier alpha value is -1.49. The van der Waals surface area contributed by atoms with E-state index in [-0.39, 0.29) is 0 Å². The molecule has 2 N–H and O–H groups in total. The minimum atomic E-state index is 0.471. The molecule has 0 aliphatic carbocycles. The Bertz CT molecular complexity index is 605. The van der Waals surface area contributed by atoms with Gasteiger partial charge in [-0.1, -0.05) is 6.07 Å². The van der Waals surface area contributed by atoms with Gasteiger partial charge in [-0.15, -0.1) is 0 Å². The minimum Gasteiger partial charge on any atom is -0.496 e. The summed E-state index contributed by atoms with van der Waals surface area (Å²) in [7, 11) is 3.56. The van der Waals surface area contributed by atoms with Crippen LogP contribution in [0.5, 0.6) is 5.75 Å². The topological polar surface area (TPSA) is 53.1 Å². The van der Waals surface area contributed by atoms with Crippen molar-refractivity contribution < 1.29 is 4.74 Å². The van der Waals surface area contributed by atoms with Crippen molar-refractivity contribution in [2.24, 2.45) is 7.05 Å². The monoisotopic (exact) mass is 309 g/mol. The number of halogens is 1. The molecule has 96 valence electrons. The van der Waals surface area contributed by atoms with Crippen LogP contribution >= 0.6 is 15.9 Å². The molecule has 2 rings (SSSR count). The van der Waals surface area contributed by atoms with Crippen molar-refractivity contribution in [1.82, 2.24) is 9.55 Å². The Kier molecular flexibility index (Phi) is 3.34. The number of hydrogen-bond acceptors (Lipinski definition) is 3. The van der Waals surface area contributed by atoms with Gasteiger partial charge in [0.15, 0.2) is 0 Å². The van der Waals surface area contributed by atoms with Crippen LogP contribution in [0, 0.1) is 13.8 Å². The average Bonchev–Trinajstić information content (AvgIpc) is 2.54. The number of methoxy groups -OCH3 is 1. The third kappa shape index (κ3) is 1.99.